The highest BCUT2D eigenvalue weighted by Gasteiger charge is 2.18. The molecule has 0 aliphatic carbocycles. The molecular formula is C10H13ClFN. The monoisotopic (exact) mass is 201 g/mol. The Balaban J connectivity index is 2.88. The molecular weight excluding hydrogens is 189 g/mol. The Kier molecular flexibility index (Phi) is 3.70. The predicted octanol–water partition coefficient (Wildman–Crippen LogP) is 2.96. The second-order valence-corrected chi connectivity index (χ2v) is 3.41. The van der Waals surface area contributed by atoms with Crippen molar-refractivity contribution in [1.82, 2.24) is 5.32 Å². The van der Waals surface area contributed by atoms with Crippen LogP contribution < -0.4 is 5.32 Å². The first kappa shape index (κ1) is 10.5. The van der Waals surface area contributed by atoms with Crippen molar-refractivity contribution >= 4 is 11.6 Å². The highest BCUT2D eigenvalue weighted by molar-refractivity contribution is 6.31. The first-order chi connectivity index (χ1) is 6.16. The molecule has 0 aliphatic heterocycles. The van der Waals surface area contributed by atoms with Crippen LogP contribution in [0.1, 0.15) is 18.7 Å². The molecule has 3 heteroatoms. The van der Waals surface area contributed by atoms with Gasteiger partial charge in [-0.1, -0.05) is 29.8 Å². The molecule has 0 spiro atoms. The summed E-state index contributed by atoms with van der Waals surface area (Å²) >= 11 is 5.85. The van der Waals surface area contributed by atoms with E-state index in [4.69, 9.17) is 11.6 Å². The molecule has 0 radical (unpaired) electrons. The van der Waals surface area contributed by atoms with Crippen LogP contribution in [-0.4, -0.2) is 13.1 Å². The molecule has 1 nitrogen and oxygen atoms in total. The maximum Gasteiger partial charge on any atom is 0.141 e. The summed E-state index contributed by atoms with van der Waals surface area (Å²) in [6.45, 7) is 1.79. The van der Waals surface area contributed by atoms with Gasteiger partial charge in [0.15, 0.2) is 0 Å². The molecule has 13 heavy (non-hydrogen) atoms. The third-order valence-electron chi connectivity index (χ3n) is 2.10. The standard InChI is InChI=1S/C10H13ClFN/c1-7(13-2)10(12)8-5-3-4-6-9(8)11/h3-7,10,13H,1-2H3. The molecule has 2 unspecified atom stereocenters. The van der Waals surface area contributed by atoms with Gasteiger partial charge in [-0.3, -0.25) is 0 Å². The molecule has 1 rings (SSSR count). The number of likely N-dealkylation sites (N-methyl/N-ethyl adjacent to an activating group) is 1. The summed E-state index contributed by atoms with van der Waals surface area (Å²) in [4.78, 5) is 0. The predicted molar refractivity (Wildman–Crippen MR) is 53.8 cm³/mol. The Bertz CT molecular complexity index is 277. The average Bonchev–Trinajstić information content (AvgIpc) is 2.16. The zero-order valence-electron chi connectivity index (χ0n) is 7.72. The molecule has 0 amide bonds. The third kappa shape index (κ3) is 2.42. The zero-order valence-corrected chi connectivity index (χ0v) is 8.48. The van der Waals surface area contributed by atoms with Crippen LogP contribution in [0.5, 0.6) is 0 Å². The van der Waals surface area contributed by atoms with Gasteiger partial charge in [-0.05, 0) is 20.0 Å². The van der Waals surface area contributed by atoms with Crippen molar-refractivity contribution in [2.45, 2.75) is 19.1 Å². The van der Waals surface area contributed by atoms with Gasteiger partial charge in [0.2, 0.25) is 0 Å². The lowest BCUT2D eigenvalue weighted by molar-refractivity contribution is 0.275. The molecule has 72 valence electrons. The van der Waals surface area contributed by atoms with Crippen molar-refractivity contribution in [3.63, 3.8) is 0 Å². The van der Waals surface area contributed by atoms with E-state index in [0.717, 1.165) is 0 Å². The van der Waals surface area contributed by atoms with E-state index in [1.165, 1.54) is 0 Å². The molecule has 1 aromatic rings. The summed E-state index contributed by atoms with van der Waals surface area (Å²) in [6.07, 6.45) is -1.06. The van der Waals surface area contributed by atoms with Gasteiger partial charge in [0, 0.05) is 16.6 Å². The van der Waals surface area contributed by atoms with Crippen molar-refractivity contribution in [1.29, 1.82) is 0 Å². The Morgan fingerprint density at radius 2 is 2.00 bits per heavy atom. The summed E-state index contributed by atoms with van der Waals surface area (Å²) in [5, 5.41) is 3.34. The number of hydrogen-bond donors (Lipinski definition) is 1. The lowest BCUT2D eigenvalue weighted by Crippen LogP contribution is -2.26. The highest BCUT2D eigenvalue weighted by atomic mass is 35.5. The first-order valence-electron chi connectivity index (χ1n) is 4.22. The molecule has 0 fully saturated rings. The normalized spacial score (nSPS) is 15.4. The van der Waals surface area contributed by atoms with Crippen LogP contribution in [-0.2, 0) is 0 Å². The fourth-order valence-corrected chi connectivity index (χ4v) is 1.35. The highest BCUT2D eigenvalue weighted by Crippen LogP contribution is 2.27. The topological polar surface area (TPSA) is 12.0 Å². The van der Waals surface area contributed by atoms with Gasteiger partial charge in [0.05, 0.1) is 0 Å². The Hall–Kier alpha value is -0.600. The van der Waals surface area contributed by atoms with E-state index in [1.54, 1.807) is 38.2 Å². The smallest absolute Gasteiger partial charge is 0.141 e. The summed E-state index contributed by atoms with van der Waals surface area (Å²) < 4.78 is 13.6. The summed E-state index contributed by atoms with van der Waals surface area (Å²) in [7, 11) is 1.73. The second kappa shape index (κ2) is 4.58. The van der Waals surface area contributed by atoms with Gasteiger partial charge in [-0.15, -0.1) is 0 Å². The zero-order chi connectivity index (χ0) is 9.84. The van der Waals surface area contributed by atoms with Gasteiger partial charge in [-0.25, -0.2) is 4.39 Å². The van der Waals surface area contributed by atoms with Crippen LogP contribution in [0.15, 0.2) is 24.3 Å². The number of hydrogen-bond acceptors (Lipinski definition) is 1. The molecule has 0 bridgehead atoms. The number of rotatable bonds is 3. The van der Waals surface area contributed by atoms with Crippen LogP contribution in [0.25, 0.3) is 0 Å². The molecule has 0 saturated heterocycles. The average molecular weight is 202 g/mol. The summed E-state index contributed by atoms with van der Waals surface area (Å²) in [5.74, 6) is 0. The van der Waals surface area contributed by atoms with E-state index in [9.17, 15) is 4.39 Å². The quantitative estimate of drug-likeness (QED) is 0.793. The first-order valence-corrected chi connectivity index (χ1v) is 4.60. The fourth-order valence-electron chi connectivity index (χ4n) is 1.11. The van der Waals surface area contributed by atoms with Gasteiger partial charge in [0.1, 0.15) is 6.17 Å². The summed E-state index contributed by atoms with van der Waals surface area (Å²) in [5.41, 5.74) is 0.547. The van der Waals surface area contributed by atoms with Crippen molar-refractivity contribution < 1.29 is 4.39 Å². The van der Waals surface area contributed by atoms with Crippen LogP contribution in [0.2, 0.25) is 5.02 Å². The van der Waals surface area contributed by atoms with Gasteiger partial charge < -0.3 is 5.32 Å². The number of nitrogens with one attached hydrogen (secondary N) is 1. The number of alkyl halides is 1. The van der Waals surface area contributed by atoms with Crippen molar-refractivity contribution in [3.05, 3.63) is 34.9 Å². The number of halogens is 2. The van der Waals surface area contributed by atoms with Gasteiger partial charge in [0.25, 0.3) is 0 Å². The van der Waals surface area contributed by atoms with Crippen LogP contribution in [0.3, 0.4) is 0 Å². The fraction of sp³-hybridized carbons (Fsp3) is 0.400. The Morgan fingerprint density at radius 1 is 1.38 bits per heavy atom. The minimum absolute atomic E-state index is 0.222. The number of benzene rings is 1. The molecule has 1 N–H and O–H groups in total. The molecule has 2 atom stereocenters. The van der Waals surface area contributed by atoms with Crippen molar-refractivity contribution in [2.75, 3.05) is 7.05 Å². The minimum atomic E-state index is -1.06. The van der Waals surface area contributed by atoms with Crippen LogP contribution in [0.4, 0.5) is 4.39 Å². The summed E-state index contributed by atoms with van der Waals surface area (Å²) in [6, 6.07) is 6.77. The van der Waals surface area contributed by atoms with E-state index in [1.807, 2.05) is 0 Å². The maximum absolute atomic E-state index is 13.6. The van der Waals surface area contributed by atoms with E-state index in [-0.39, 0.29) is 6.04 Å². The van der Waals surface area contributed by atoms with Crippen LogP contribution in [0, 0.1) is 0 Å². The van der Waals surface area contributed by atoms with Gasteiger partial charge in [-0.2, -0.15) is 0 Å². The van der Waals surface area contributed by atoms with Crippen molar-refractivity contribution in [3.8, 4) is 0 Å². The molecule has 0 aromatic heterocycles. The largest absolute Gasteiger partial charge is 0.314 e. The van der Waals surface area contributed by atoms with Gasteiger partial charge >= 0.3 is 0 Å². The Morgan fingerprint density at radius 3 is 2.54 bits per heavy atom. The second-order valence-electron chi connectivity index (χ2n) is 3.00. The molecule has 0 aliphatic rings. The third-order valence-corrected chi connectivity index (χ3v) is 2.44. The molecule has 1 aromatic carbocycles. The SMILES string of the molecule is CNC(C)C(F)c1ccccc1Cl. The molecule has 0 saturated carbocycles. The maximum atomic E-state index is 13.6. The van der Waals surface area contributed by atoms with E-state index >= 15 is 0 Å². The van der Waals surface area contributed by atoms with E-state index in [0.29, 0.717) is 10.6 Å². The Labute approximate surface area is 82.9 Å². The lowest BCUT2D eigenvalue weighted by Gasteiger charge is -2.16. The van der Waals surface area contributed by atoms with E-state index in [2.05, 4.69) is 5.32 Å². The lowest BCUT2D eigenvalue weighted by atomic mass is 10.1. The van der Waals surface area contributed by atoms with E-state index < -0.39 is 6.17 Å². The van der Waals surface area contributed by atoms with Crippen LogP contribution >= 0.6 is 11.6 Å². The van der Waals surface area contributed by atoms with Crippen molar-refractivity contribution in [2.24, 2.45) is 0 Å². The minimum Gasteiger partial charge on any atom is -0.314 e. The molecule has 0 heterocycles.